The first-order valence-electron chi connectivity index (χ1n) is 11.6. The molecule has 0 radical (unpaired) electrons. The fourth-order valence-electron chi connectivity index (χ4n) is 4.28. The van der Waals surface area contributed by atoms with Gasteiger partial charge >= 0.3 is 0 Å². The Bertz CT molecular complexity index is 818. The summed E-state index contributed by atoms with van der Waals surface area (Å²) in [5, 5.41) is 3.79. The molecule has 0 saturated carbocycles. The van der Waals surface area contributed by atoms with Gasteiger partial charge in [-0.1, -0.05) is 25.5 Å². The van der Waals surface area contributed by atoms with Gasteiger partial charge < -0.3 is 19.5 Å². The molecule has 0 aromatic heterocycles. The van der Waals surface area contributed by atoms with Crippen LogP contribution in [0.2, 0.25) is 0 Å². The van der Waals surface area contributed by atoms with E-state index in [-0.39, 0.29) is 6.04 Å². The van der Waals surface area contributed by atoms with Gasteiger partial charge in [-0.05, 0) is 81.3 Å². The molecular formula is C26H37NO3. The van der Waals surface area contributed by atoms with Crippen molar-refractivity contribution >= 4 is 0 Å². The van der Waals surface area contributed by atoms with Crippen LogP contribution in [0.4, 0.5) is 0 Å². The lowest BCUT2D eigenvalue weighted by Gasteiger charge is -2.23. The van der Waals surface area contributed by atoms with Gasteiger partial charge in [0.2, 0.25) is 0 Å². The van der Waals surface area contributed by atoms with E-state index in [0.29, 0.717) is 19.8 Å². The lowest BCUT2D eigenvalue weighted by molar-refractivity contribution is 0.287. The zero-order chi connectivity index (χ0) is 21.3. The lowest BCUT2D eigenvalue weighted by atomic mass is 9.96. The van der Waals surface area contributed by atoms with E-state index in [0.717, 1.165) is 36.6 Å². The second kappa shape index (κ2) is 11.3. The van der Waals surface area contributed by atoms with Gasteiger partial charge in [-0.15, -0.1) is 0 Å². The van der Waals surface area contributed by atoms with Crippen LogP contribution in [-0.4, -0.2) is 19.8 Å². The SMILES string of the molecule is CCCC(NCc1ccc(OCC)c(OCC)c1)c1cc2c(cc1OCC)CCC2. The number of ether oxygens (including phenoxy) is 3. The highest BCUT2D eigenvalue weighted by atomic mass is 16.5. The van der Waals surface area contributed by atoms with E-state index < -0.39 is 0 Å². The minimum Gasteiger partial charge on any atom is -0.494 e. The monoisotopic (exact) mass is 411 g/mol. The van der Waals surface area contributed by atoms with Crippen LogP contribution in [0.25, 0.3) is 0 Å². The van der Waals surface area contributed by atoms with E-state index in [4.69, 9.17) is 14.2 Å². The molecular weight excluding hydrogens is 374 g/mol. The van der Waals surface area contributed by atoms with Crippen molar-refractivity contribution in [2.24, 2.45) is 0 Å². The molecule has 2 aromatic rings. The highest BCUT2D eigenvalue weighted by Crippen LogP contribution is 2.35. The highest BCUT2D eigenvalue weighted by molar-refractivity contribution is 5.47. The van der Waals surface area contributed by atoms with Crippen LogP contribution in [0.3, 0.4) is 0 Å². The molecule has 1 unspecified atom stereocenters. The average molecular weight is 412 g/mol. The van der Waals surface area contributed by atoms with Crippen LogP contribution in [0.15, 0.2) is 30.3 Å². The predicted molar refractivity (Wildman–Crippen MR) is 123 cm³/mol. The van der Waals surface area contributed by atoms with Crippen LogP contribution in [0.1, 0.15) is 75.3 Å². The first-order chi connectivity index (χ1) is 14.7. The van der Waals surface area contributed by atoms with Gasteiger partial charge in [0, 0.05) is 18.2 Å². The van der Waals surface area contributed by atoms with Crippen molar-refractivity contribution in [3.8, 4) is 17.2 Å². The molecule has 1 N–H and O–H groups in total. The largest absolute Gasteiger partial charge is 0.494 e. The van der Waals surface area contributed by atoms with E-state index in [2.05, 4.69) is 43.4 Å². The maximum Gasteiger partial charge on any atom is 0.161 e. The molecule has 1 atom stereocenters. The smallest absolute Gasteiger partial charge is 0.161 e. The minimum atomic E-state index is 0.268. The number of nitrogens with one attached hydrogen (secondary N) is 1. The van der Waals surface area contributed by atoms with Crippen LogP contribution < -0.4 is 19.5 Å². The van der Waals surface area contributed by atoms with Gasteiger partial charge in [-0.25, -0.2) is 0 Å². The maximum absolute atomic E-state index is 6.06. The summed E-state index contributed by atoms with van der Waals surface area (Å²) in [7, 11) is 0. The number of rotatable bonds is 12. The topological polar surface area (TPSA) is 39.7 Å². The second-order valence-corrected chi connectivity index (χ2v) is 7.81. The Labute approximate surface area is 181 Å². The summed E-state index contributed by atoms with van der Waals surface area (Å²) in [6.07, 6.45) is 5.81. The molecule has 1 aliphatic carbocycles. The lowest BCUT2D eigenvalue weighted by Crippen LogP contribution is -2.22. The normalized spacial score (nSPS) is 13.7. The third-order valence-corrected chi connectivity index (χ3v) is 5.64. The molecule has 30 heavy (non-hydrogen) atoms. The number of hydrogen-bond acceptors (Lipinski definition) is 4. The summed E-state index contributed by atoms with van der Waals surface area (Å²) in [4.78, 5) is 0. The van der Waals surface area contributed by atoms with E-state index >= 15 is 0 Å². The van der Waals surface area contributed by atoms with Crippen LogP contribution in [-0.2, 0) is 19.4 Å². The van der Waals surface area contributed by atoms with Crippen molar-refractivity contribution < 1.29 is 14.2 Å². The van der Waals surface area contributed by atoms with Gasteiger partial charge in [-0.3, -0.25) is 0 Å². The summed E-state index contributed by atoms with van der Waals surface area (Å²) >= 11 is 0. The van der Waals surface area contributed by atoms with Gasteiger partial charge in [-0.2, -0.15) is 0 Å². The molecule has 0 fully saturated rings. The van der Waals surface area contributed by atoms with E-state index in [9.17, 15) is 0 Å². The van der Waals surface area contributed by atoms with Crippen molar-refractivity contribution in [1.82, 2.24) is 5.32 Å². The third-order valence-electron chi connectivity index (χ3n) is 5.64. The van der Waals surface area contributed by atoms with Gasteiger partial charge in [0.05, 0.1) is 19.8 Å². The number of hydrogen-bond donors (Lipinski definition) is 1. The van der Waals surface area contributed by atoms with Gasteiger partial charge in [0.25, 0.3) is 0 Å². The molecule has 0 amide bonds. The molecule has 4 heteroatoms. The second-order valence-electron chi connectivity index (χ2n) is 7.81. The maximum atomic E-state index is 6.06. The molecule has 0 heterocycles. The molecule has 2 aromatic carbocycles. The van der Waals surface area contributed by atoms with Crippen molar-refractivity contribution in [3.05, 3.63) is 52.6 Å². The van der Waals surface area contributed by atoms with Crippen molar-refractivity contribution in [2.45, 2.75) is 72.4 Å². The van der Waals surface area contributed by atoms with Crippen LogP contribution >= 0.6 is 0 Å². The first-order valence-corrected chi connectivity index (χ1v) is 11.6. The molecule has 1 aliphatic rings. The Morgan fingerprint density at radius 1 is 0.800 bits per heavy atom. The average Bonchev–Trinajstić information content (AvgIpc) is 3.20. The standard InChI is InChI=1S/C26H37NO3/c1-5-10-23(22-16-20-11-9-12-21(20)17-25(22)29-7-3)27-18-19-13-14-24(28-6-2)26(15-19)30-8-4/h13-17,23,27H,5-12,18H2,1-4H3. The number of benzene rings is 2. The molecule has 3 rings (SSSR count). The molecule has 0 saturated heterocycles. The molecule has 0 spiro atoms. The Hall–Kier alpha value is -2.20. The van der Waals surface area contributed by atoms with Crippen molar-refractivity contribution in [3.63, 3.8) is 0 Å². The van der Waals surface area contributed by atoms with Crippen LogP contribution in [0.5, 0.6) is 17.2 Å². The third kappa shape index (κ3) is 5.48. The Kier molecular flexibility index (Phi) is 8.44. The number of fused-ring (bicyclic) bond motifs is 1. The summed E-state index contributed by atoms with van der Waals surface area (Å²) in [6.45, 7) is 11.0. The van der Waals surface area contributed by atoms with Gasteiger partial charge in [0.1, 0.15) is 5.75 Å². The Balaban J connectivity index is 1.80. The zero-order valence-electron chi connectivity index (χ0n) is 19.1. The summed E-state index contributed by atoms with van der Waals surface area (Å²) in [6, 6.07) is 11.2. The van der Waals surface area contributed by atoms with Crippen molar-refractivity contribution in [2.75, 3.05) is 19.8 Å². The van der Waals surface area contributed by atoms with E-state index in [1.807, 2.05) is 19.9 Å². The summed E-state index contributed by atoms with van der Waals surface area (Å²) < 4.78 is 17.6. The fraction of sp³-hybridized carbons (Fsp3) is 0.538. The first kappa shape index (κ1) is 22.5. The molecule has 4 nitrogen and oxygen atoms in total. The van der Waals surface area contributed by atoms with Gasteiger partial charge in [0.15, 0.2) is 11.5 Å². The quantitative estimate of drug-likeness (QED) is 0.465. The zero-order valence-corrected chi connectivity index (χ0v) is 19.1. The van der Waals surface area contributed by atoms with Crippen molar-refractivity contribution in [1.29, 1.82) is 0 Å². The van der Waals surface area contributed by atoms with E-state index in [1.54, 1.807) is 0 Å². The highest BCUT2D eigenvalue weighted by Gasteiger charge is 2.21. The molecule has 0 bridgehead atoms. The Morgan fingerprint density at radius 2 is 1.47 bits per heavy atom. The Morgan fingerprint density at radius 3 is 2.17 bits per heavy atom. The van der Waals surface area contributed by atoms with Crippen LogP contribution in [0, 0.1) is 0 Å². The summed E-state index contributed by atoms with van der Waals surface area (Å²) in [5.41, 5.74) is 5.46. The fourth-order valence-corrected chi connectivity index (χ4v) is 4.28. The summed E-state index contributed by atoms with van der Waals surface area (Å²) in [5.74, 6) is 2.68. The molecule has 164 valence electrons. The minimum absolute atomic E-state index is 0.268. The molecule has 0 aliphatic heterocycles. The number of aryl methyl sites for hydroxylation is 2. The van der Waals surface area contributed by atoms with E-state index in [1.165, 1.54) is 41.5 Å². The predicted octanol–water partition coefficient (Wildman–Crippen LogP) is 6.00.